The minimum absolute atomic E-state index is 0.0592. The van der Waals surface area contributed by atoms with Crippen molar-refractivity contribution in [2.45, 2.75) is 51.3 Å². The van der Waals surface area contributed by atoms with Crippen LogP contribution in [0.1, 0.15) is 52.2 Å². The van der Waals surface area contributed by atoms with E-state index < -0.39 is 21.6 Å². The number of methoxy groups -OCH3 is 1. The highest BCUT2D eigenvalue weighted by atomic mass is 32.2. The van der Waals surface area contributed by atoms with E-state index in [0.717, 1.165) is 11.1 Å². The molecule has 1 unspecified atom stereocenters. The van der Waals surface area contributed by atoms with E-state index in [1.165, 1.54) is 7.11 Å². The normalized spacial score (nSPS) is 15.2. The van der Waals surface area contributed by atoms with E-state index in [4.69, 9.17) is 4.74 Å². The molecule has 0 fully saturated rings. The van der Waals surface area contributed by atoms with E-state index in [9.17, 15) is 9.35 Å². The first kappa shape index (κ1) is 21.2. The van der Waals surface area contributed by atoms with Gasteiger partial charge in [0, 0.05) is 29.3 Å². The summed E-state index contributed by atoms with van der Waals surface area (Å²) >= 11 is -1.34. The van der Waals surface area contributed by atoms with Gasteiger partial charge in [0.25, 0.3) is 0 Å². The fourth-order valence-electron chi connectivity index (χ4n) is 1.91. The van der Waals surface area contributed by atoms with Crippen LogP contribution in [0.15, 0.2) is 24.5 Å². The molecular weight excluding hydrogens is 336 g/mol. The van der Waals surface area contributed by atoms with Crippen molar-refractivity contribution < 1.29 is 14.1 Å². The number of hydrogen-bond acceptors (Lipinski definition) is 5. The summed E-state index contributed by atoms with van der Waals surface area (Å²) < 4.78 is 19.8. The molecule has 0 aliphatic rings. The second-order valence-corrected chi connectivity index (χ2v) is 8.84. The van der Waals surface area contributed by atoms with Crippen LogP contribution < -0.4 is 4.72 Å². The zero-order chi connectivity index (χ0) is 19.1. The molecule has 1 aromatic rings. The summed E-state index contributed by atoms with van der Waals surface area (Å²) in [6, 6.07) is 1.90. The second kappa shape index (κ2) is 9.04. The van der Waals surface area contributed by atoms with Gasteiger partial charge in [0.05, 0.1) is 19.1 Å². The van der Waals surface area contributed by atoms with Crippen LogP contribution in [-0.4, -0.2) is 32.9 Å². The zero-order valence-corrected chi connectivity index (χ0v) is 16.5. The molecule has 6 heteroatoms. The van der Waals surface area contributed by atoms with Gasteiger partial charge in [-0.15, -0.1) is 10.6 Å². The van der Waals surface area contributed by atoms with E-state index in [1.54, 1.807) is 19.3 Å². The Morgan fingerprint density at radius 2 is 2.08 bits per heavy atom. The smallest absolute Gasteiger partial charge is 0.307 e. The van der Waals surface area contributed by atoms with Gasteiger partial charge in [0.1, 0.15) is 4.75 Å². The van der Waals surface area contributed by atoms with Crippen LogP contribution in [0, 0.1) is 11.8 Å². The molecule has 25 heavy (non-hydrogen) atoms. The lowest BCUT2D eigenvalue weighted by atomic mass is 9.97. The Balaban J connectivity index is 3.08. The van der Waals surface area contributed by atoms with Gasteiger partial charge in [-0.25, -0.2) is 0 Å². The topological polar surface area (TPSA) is 74.3 Å². The standard InChI is InChI=1S/C19H26N2O3S/c1-7-8-15-11-16(14-20-13-15)9-10-19(5,12-17(22)24-6)21-25(23)18(2,3)4/h9-11,13-14,21H,12H2,1-6H3/b10-9+/t19?,25-/m1/s1. The number of pyridine rings is 1. The molecule has 1 N–H and O–H groups in total. The predicted molar refractivity (Wildman–Crippen MR) is 102 cm³/mol. The third-order valence-corrected chi connectivity index (χ3v) is 5.06. The average Bonchev–Trinajstić information content (AvgIpc) is 2.52. The highest BCUT2D eigenvalue weighted by Gasteiger charge is 2.36. The number of nitrogens with zero attached hydrogens (tertiary/aromatic N) is 1. The summed E-state index contributed by atoms with van der Waals surface area (Å²) in [6.45, 7) is 9.19. The Kier molecular flexibility index (Phi) is 7.68. The van der Waals surface area contributed by atoms with E-state index in [-0.39, 0.29) is 12.4 Å². The van der Waals surface area contributed by atoms with Gasteiger partial charge in [-0.05, 0) is 46.2 Å². The molecule has 0 radical (unpaired) electrons. The van der Waals surface area contributed by atoms with Crippen LogP contribution in [0.2, 0.25) is 0 Å². The number of nitrogens with one attached hydrogen (secondary N) is 1. The van der Waals surface area contributed by atoms with Crippen molar-refractivity contribution in [2.24, 2.45) is 0 Å². The minimum Gasteiger partial charge on any atom is -0.598 e. The molecule has 0 saturated carbocycles. The monoisotopic (exact) mass is 362 g/mol. The van der Waals surface area contributed by atoms with E-state index in [1.807, 2.05) is 45.9 Å². The second-order valence-electron chi connectivity index (χ2n) is 6.87. The van der Waals surface area contributed by atoms with Crippen molar-refractivity contribution >= 4 is 23.4 Å². The number of ether oxygens (including phenoxy) is 1. The number of rotatable bonds is 6. The lowest BCUT2D eigenvalue weighted by Crippen LogP contribution is -2.51. The number of aromatic nitrogens is 1. The Labute approximate surface area is 153 Å². The Hall–Kier alpha value is -1.81. The molecule has 0 amide bonds. The summed E-state index contributed by atoms with van der Waals surface area (Å²) in [5.41, 5.74) is 0.836. The lowest BCUT2D eigenvalue weighted by molar-refractivity contribution is -0.141. The highest BCUT2D eigenvalue weighted by Crippen LogP contribution is 2.22. The van der Waals surface area contributed by atoms with Gasteiger partial charge in [0.15, 0.2) is 0 Å². The van der Waals surface area contributed by atoms with Gasteiger partial charge in [-0.3, -0.25) is 9.78 Å². The number of carbonyl (C=O) groups excluding carboxylic acids is 1. The quantitative estimate of drug-likeness (QED) is 0.478. The van der Waals surface area contributed by atoms with Crippen molar-refractivity contribution in [3.05, 3.63) is 35.7 Å². The van der Waals surface area contributed by atoms with E-state index in [2.05, 4.69) is 21.5 Å². The maximum atomic E-state index is 12.5. The molecule has 0 aliphatic heterocycles. The molecule has 0 bridgehead atoms. The first-order valence-electron chi connectivity index (χ1n) is 7.93. The van der Waals surface area contributed by atoms with Crippen LogP contribution >= 0.6 is 0 Å². The molecule has 5 nitrogen and oxygen atoms in total. The number of hydrogen-bond donors (Lipinski definition) is 1. The van der Waals surface area contributed by atoms with E-state index in [0.29, 0.717) is 0 Å². The number of carbonyl (C=O) groups is 1. The Morgan fingerprint density at radius 1 is 1.40 bits per heavy atom. The minimum atomic E-state index is -1.34. The van der Waals surface area contributed by atoms with Crippen molar-refractivity contribution in [2.75, 3.05) is 7.11 Å². The summed E-state index contributed by atoms with van der Waals surface area (Å²) in [6.07, 6.45) is 7.10. The fraction of sp³-hybridized carbons (Fsp3) is 0.474. The third-order valence-electron chi connectivity index (χ3n) is 3.29. The van der Waals surface area contributed by atoms with Crippen molar-refractivity contribution in [1.29, 1.82) is 0 Å². The largest absolute Gasteiger partial charge is 0.598 e. The molecule has 0 spiro atoms. The Bertz CT molecular complexity index is 686. The zero-order valence-electron chi connectivity index (χ0n) is 15.7. The molecule has 0 saturated heterocycles. The van der Waals surface area contributed by atoms with Gasteiger partial charge < -0.3 is 9.29 Å². The van der Waals surface area contributed by atoms with Crippen LogP contribution in [-0.2, 0) is 20.9 Å². The molecule has 136 valence electrons. The highest BCUT2D eigenvalue weighted by molar-refractivity contribution is 7.90. The summed E-state index contributed by atoms with van der Waals surface area (Å²) in [5, 5.41) is 0. The van der Waals surface area contributed by atoms with Gasteiger partial charge in [-0.1, -0.05) is 18.1 Å². The van der Waals surface area contributed by atoms with Crippen molar-refractivity contribution in [3.63, 3.8) is 0 Å². The molecule has 0 aliphatic carbocycles. The summed E-state index contributed by atoms with van der Waals surface area (Å²) in [4.78, 5) is 15.9. The van der Waals surface area contributed by atoms with Crippen LogP contribution in [0.4, 0.5) is 0 Å². The first-order valence-corrected chi connectivity index (χ1v) is 9.08. The molecule has 2 atom stereocenters. The van der Waals surface area contributed by atoms with Gasteiger partial charge in [-0.2, -0.15) is 0 Å². The number of esters is 1. The average molecular weight is 362 g/mol. The first-order chi connectivity index (χ1) is 11.6. The van der Waals surface area contributed by atoms with Gasteiger partial charge in [0.2, 0.25) is 0 Å². The van der Waals surface area contributed by atoms with E-state index >= 15 is 0 Å². The third kappa shape index (κ3) is 7.30. The maximum Gasteiger partial charge on any atom is 0.307 e. The summed E-state index contributed by atoms with van der Waals surface area (Å²) in [5.74, 6) is 5.41. The molecule has 1 heterocycles. The SMILES string of the molecule is CC#Cc1cncc(/C=C/C(C)(CC(=O)OC)N[S@+]([O-])C(C)(C)C)c1. The molecular formula is C19H26N2O3S. The van der Waals surface area contributed by atoms with Crippen molar-refractivity contribution in [3.8, 4) is 11.8 Å². The molecule has 0 aromatic carbocycles. The fourth-order valence-corrected chi connectivity index (χ4v) is 2.78. The molecule has 1 rings (SSSR count). The van der Waals surface area contributed by atoms with Gasteiger partial charge >= 0.3 is 5.97 Å². The summed E-state index contributed by atoms with van der Waals surface area (Å²) in [7, 11) is 1.34. The van der Waals surface area contributed by atoms with Crippen molar-refractivity contribution in [1.82, 2.24) is 9.71 Å². The van der Waals surface area contributed by atoms with Crippen LogP contribution in [0.25, 0.3) is 6.08 Å². The van der Waals surface area contributed by atoms with Crippen LogP contribution in [0.5, 0.6) is 0 Å². The van der Waals surface area contributed by atoms with Crippen LogP contribution in [0.3, 0.4) is 0 Å². The lowest BCUT2D eigenvalue weighted by Gasteiger charge is -2.32. The predicted octanol–water partition coefficient (Wildman–Crippen LogP) is 2.84. The maximum absolute atomic E-state index is 12.5. The Morgan fingerprint density at radius 3 is 2.64 bits per heavy atom. The molecule has 1 aromatic heterocycles.